The number of fused-ring (bicyclic) bond motifs is 1. The highest BCUT2D eigenvalue weighted by atomic mass is 32.2. The molecule has 3 aromatic rings. The topological polar surface area (TPSA) is 68.0 Å². The van der Waals surface area contributed by atoms with E-state index in [1.807, 2.05) is 36.6 Å². The van der Waals surface area contributed by atoms with Gasteiger partial charge < -0.3 is 5.11 Å². The third-order valence-electron chi connectivity index (χ3n) is 3.42. The molecule has 1 atom stereocenters. The lowest BCUT2D eigenvalue weighted by Gasteiger charge is -2.05. The second kappa shape index (κ2) is 7.25. The average Bonchev–Trinajstić information content (AvgIpc) is 3.03. The highest BCUT2D eigenvalue weighted by Gasteiger charge is 2.09. The first-order valence-corrected chi connectivity index (χ1v) is 9.21. The molecule has 0 aliphatic rings. The summed E-state index contributed by atoms with van der Waals surface area (Å²) in [6.07, 6.45) is 1.71. The van der Waals surface area contributed by atoms with E-state index < -0.39 is 0 Å². The van der Waals surface area contributed by atoms with Gasteiger partial charge in [-0.15, -0.1) is 11.3 Å². The van der Waals surface area contributed by atoms with Crippen LogP contribution >= 0.6 is 23.1 Å². The Bertz CT molecular complexity index is 860. The monoisotopic (exact) mass is 347 g/mol. The molecule has 2 aromatic heterocycles. The minimum absolute atomic E-state index is 0.0943. The van der Waals surface area contributed by atoms with Gasteiger partial charge in [0.25, 0.3) is 5.56 Å². The lowest BCUT2D eigenvalue weighted by molar-refractivity contribution is 0.300. The van der Waals surface area contributed by atoms with Gasteiger partial charge in [-0.1, -0.05) is 25.1 Å². The van der Waals surface area contributed by atoms with E-state index in [9.17, 15) is 4.79 Å². The van der Waals surface area contributed by atoms with E-state index >= 15 is 0 Å². The fourth-order valence-electron chi connectivity index (χ4n) is 2.14. The van der Waals surface area contributed by atoms with Crippen molar-refractivity contribution in [3.8, 4) is 0 Å². The maximum absolute atomic E-state index is 12.4. The summed E-state index contributed by atoms with van der Waals surface area (Å²) in [5, 5.41) is 17.9. The van der Waals surface area contributed by atoms with Crippen LogP contribution in [-0.4, -0.2) is 31.7 Å². The van der Waals surface area contributed by atoms with Gasteiger partial charge in [0, 0.05) is 21.8 Å². The summed E-state index contributed by atoms with van der Waals surface area (Å²) in [5.74, 6) is 0.762. The van der Waals surface area contributed by atoms with Crippen LogP contribution in [0.15, 0.2) is 40.6 Å². The van der Waals surface area contributed by atoms with Gasteiger partial charge in [0.1, 0.15) is 5.01 Å². The molecule has 0 saturated carbocycles. The summed E-state index contributed by atoms with van der Waals surface area (Å²) in [6.45, 7) is 2.53. The van der Waals surface area contributed by atoms with Crippen molar-refractivity contribution < 1.29 is 5.11 Å². The molecule has 1 N–H and O–H groups in total. The number of aromatic nitrogens is 3. The van der Waals surface area contributed by atoms with Crippen LogP contribution in [0.4, 0.5) is 0 Å². The first kappa shape index (κ1) is 16.2. The van der Waals surface area contributed by atoms with E-state index in [4.69, 9.17) is 5.11 Å². The molecule has 3 rings (SSSR count). The Kier molecular flexibility index (Phi) is 5.09. The third-order valence-corrected chi connectivity index (χ3v) is 5.48. The van der Waals surface area contributed by atoms with Gasteiger partial charge in [-0.05, 0) is 6.07 Å². The molecule has 2 heterocycles. The molecular weight excluding hydrogens is 330 g/mol. The number of hydrogen-bond acceptors (Lipinski definition) is 6. The number of thioether (sulfide) groups is 1. The Hall–Kier alpha value is -1.70. The average molecular weight is 347 g/mol. The van der Waals surface area contributed by atoms with E-state index in [-0.39, 0.29) is 17.4 Å². The van der Waals surface area contributed by atoms with Gasteiger partial charge in [0.05, 0.1) is 30.4 Å². The zero-order valence-electron chi connectivity index (χ0n) is 12.7. The maximum Gasteiger partial charge on any atom is 0.275 e. The quantitative estimate of drug-likeness (QED) is 0.742. The van der Waals surface area contributed by atoms with Crippen LogP contribution in [0.25, 0.3) is 10.8 Å². The second-order valence-corrected chi connectivity index (χ2v) is 7.60. The van der Waals surface area contributed by atoms with Gasteiger partial charge in [-0.25, -0.2) is 9.67 Å². The van der Waals surface area contributed by atoms with Gasteiger partial charge in [-0.3, -0.25) is 4.79 Å². The number of nitrogens with zero attached hydrogens (tertiary/aromatic N) is 3. The maximum atomic E-state index is 12.4. The number of benzene rings is 1. The van der Waals surface area contributed by atoms with Gasteiger partial charge in [-0.2, -0.15) is 16.9 Å². The van der Waals surface area contributed by atoms with Crippen LogP contribution in [-0.2, 0) is 12.3 Å². The minimum atomic E-state index is -0.0943. The number of aliphatic hydroxyl groups is 1. The molecule has 0 spiro atoms. The summed E-state index contributed by atoms with van der Waals surface area (Å²) < 4.78 is 1.45. The molecular formula is C16H17N3O2S2. The molecule has 120 valence electrons. The largest absolute Gasteiger partial charge is 0.395 e. The number of thiazole rings is 1. The predicted octanol–water partition coefficient (Wildman–Crippen LogP) is 2.52. The molecule has 0 aliphatic heterocycles. The number of hydrogen-bond donors (Lipinski definition) is 1. The predicted molar refractivity (Wildman–Crippen MR) is 95.1 cm³/mol. The second-order valence-electron chi connectivity index (χ2n) is 5.23. The van der Waals surface area contributed by atoms with Crippen LogP contribution in [0.3, 0.4) is 0 Å². The zero-order chi connectivity index (χ0) is 16.2. The molecule has 0 radical (unpaired) electrons. The van der Waals surface area contributed by atoms with Gasteiger partial charge in [0.2, 0.25) is 0 Å². The van der Waals surface area contributed by atoms with Crippen LogP contribution in [0.1, 0.15) is 17.6 Å². The smallest absolute Gasteiger partial charge is 0.275 e. The SMILES string of the molecule is CC(CO)SCc1csc(Cn2ncc3ccccc3c2=O)n1. The van der Waals surface area contributed by atoms with Gasteiger partial charge in [0.15, 0.2) is 0 Å². The third kappa shape index (κ3) is 3.80. The summed E-state index contributed by atoms with van der Waals surface area (Å²) in [5.41, 5.74) is 0.882. The molecule has 0 saturated heterocycles. The van der Waals surface area contributed by atoms with E-state index in [1.165, 1.54) is 16.0 Å². The van der Waals surface area contributed by atoms with Crippen molar-refractivity contribution >= 4 is 33.9 Å². The lowest BCUT2D eigenvalue weighted by Crippen LogP contribution is -2.23. The van der Waals surface area contributed by atoms with E-state index in [0.717, 1.165) is 21.8 Å². The van der Waals surface area contributed by atoms with Crippen molar-refractivity contribution in [2.45, 2.75) is 24.5 Å². The van der Waals surface area contributed by atoms with Crippen LogP contribution in [0.5, 0.6) is 0 Å². The Morgan fingerprint density at radius 1 is 1.39 bits per heavy atom. The van der Waals surface area contributed by atoms with Crippen molar-refractivity contribution in [1.82, 2.24) is 14.8 Å². The first-order valence-electron chi connectivity index (χ1n) is 7.28. The Balaban J connectivity index is 1.76. The van der Waals surface area contributed by atoms with Crippen LogP contribution < -0.4 is 5.56 Å². The van der Waals surface area contributed by atoms with E-state index in [0.29, 0.717) is 11.9 Å². The summed E-state index contributed by atoms with van der Waals surface area (Å²) >= 11 is 3.20. The molecule has 1 unspecified atom stereocenters. The fourth-order valence-corrected chi connectivity index (χ4v) is 3.73. The molecule has 7 heteroatoms. The lowest BCUT2D eigenvalue weighted by atomic mass is 10.2. The highest BCUT2D eigenvalue weighted by Crippen LogP contribution is 2.19. The van der Waals surface area contributed by atoms with E-state index in [2.05, 4.69) is 10.1 Å². The molecule has 0 aliphatic carbocycles. The normalized spacial score (nSPS) is 12.6. The highest BCUT2D eigenvalue weighted by molar-refractivity contribution is 7.99. The Labute approximate surface area is 142 Å². The fraction of sp³-hybridized carbons (Fsp3) is 0.312. The van der Waals surface area contributed by atoms with Crippen molar-refractivity contribution in [3.05, 3.63) is 56.9 Å². The van der Waals surface area contributed by atoms with Crippen molar-refractivity contribution in [2.75, 3.05) is 6.61 Å². The first-order chi connectivity index (χ1) is 11.2. The molecule has 23 heavy (non-hydrogen) atoms. The van der Waals surface area contributed by atoms with Crippen LogP contribution in [0, 0.1) is 0 Å². The summed E-state index contributed by atoms with van der Waals surface area (Å²) in [4.78, 5) is 17.0. The number of aliphatic hydroxyl groups excluding tert-OH is 1. The molecule has 1 aromatic carbocycles. The summed E-state index contributed by atoms with van der Waals surface area (Å²) in [7, 11) is 0. The van der Waals surface area contributed by atoms with Gasteiger partial charge >= 0.3 is 0 Å². The van der Waals surface area contributed by atoms with E-state index in [1.54, 1.807) is 18.0 Å². The molecule has 0 bridgehead atoms. The Morgan fingerprint density at radius 2 is 2.22 bits per heavy atom. The molecule has 5 nitrogen and oxygen atoms in total. The Morgan fingerprint density at radius 3 is 3.04 bits per heavy atom. The van der Waals surface area contributed by atoms with Crippen molar-refractivity contribution in [2.24, 2.45) is 0 Å². The number of rotatable bonds is 6. The minimum Gasteiger partial charge on any atom is -0.395 e. The van der Waals surface area contributed by atoms with Crippen molar-refractivity contribution in [3.63, 3.8) is 0 Å². The zero-order valence-corrected chi connectivity index (χ0v) is 14.3. The van der Waals surface area contributed by atoms with Crippen LogP contribution in [0.2, 0.25) is 0 Å². The standard InChI is InChI=1S/C16H17N3O2S2/c1-11(8-20)22-9-13-10-23-15(18-13)7-19-16(21)14-5-3-2-4-12(14)6-17-19/h2-6,10-11,20H,7-9H2,1H3. The van der Waals surface area contributed by atoms with Crippen molar-refractivity contribution in [1.29, 1.82) is 0 Å². The summed E-state index contributed by atoms with van der Waals surface area (Å²) in [6, 6.07) is 7.45. The molecule has 0 amide bonds. The molecule has 0 fully saturated rings.